The first kappa shape index (κ1) is 12.9. The second kappa shape index (κ2) is 4.76. The second-order valence-corrected chi connectivity index (χ2v) is 3.60. The molecule has 0 aromatic heterocycles. The van der Waals surface area contributed by atoms with Gasteiger partial charge in [-0.2, -0.15) is 0 Å². The molecule has 1 unspecified atom stereocenters. The number of methoxy groups -OCH3 is 1. The van der Waals surface area contributed by atoms with Crippen LogP contribution in [0.2, 0.25) is 0 Å². The summed E-state index contributed by atoms with van der Waals surface area (Å²) in [4.78, 5) is 0. The van der Waals surface area contributed by atoms with Crippen LogP contribution >= 0.6 is 0 Å². The highest BCUT2D eigenvalue weighted by atomic mass is 19.3. The Morgan fingerprint density at radius 1 is 1.50 bits per heavy atom. The summed E-state index contributed by atoms with van der Waals surface area (Å²) < 4.78 is 31.1. The van der Waals surface area contributed by atoms with E-state index in [0.29, 0.717) is 5.75 Å². The molecule has 1 aromatic rings. The van der Waals surface area contributed by atoms with E-state index in [9.17, 15) is 13.9 Å². The number of aliphatic hydroxyl groups excluding tert-OH is 1. The third kappa shape index (κ3) is 2.68. The maximum atomic E-state index is 13.1. The van der Waals surface area contributed by atoms with E-state index in [1.165, 1.54) is 25.3 Å². The zero-order valence-corrected chi connectivity index (χ0v) is 9.21. The summed E-state index contributed by atoms with van der Waals surface area (Å²) in [5, 5.41) is 9.58. The van der Waals surface area contributed by atoms with Crippen molar-refractivity contribution < 1.29 is 18.6 Å². The summed E-state index contributed by atoms with van der Waals surface area (Å²) >= 11 is 0. The Morgan fingerprint density at radius 2 is 2.12 bits per heavy atom. The molecule has 1 rings (SSSR count). The topological polar surface area (TPSA) is 55.5 Å². The Hall–Kier alpha value is -1.20. The minimum Gasteiger partial charge on any atom is -0.496 e. The van der Waals surface area contributed by atoms with E-state index in [4.69, 9.17) is 10.5 Å². The highest BCUT2D eigenvalue weighted by molar-refractivity contribution is 5.40. The highest BCUT2D eigenvalue weighted by Crippen LogP contribution is 2.33. The third-order valence-corrected chi connectivity index (χ3v) is 2.32. The van der Waals surface area contributed by atoms with Crippen LogP contribution < -0.4 is 10.5 Å². The van der Waals surface area contributed by atoms with Gasteiger partial charge in [0.1, 0.15) is 5.75 Å². The van der Waals surface area contributed by atoms with E-state index >= 15 is 0 Å². The van der Waals surface area contributed by atoms with Crippen molar-refractivity contribution in [2.24, 2.45) is 5.73 Å². The third-order valence-electron chi connectivity index (χ3n) is 2.32. The summed E-state index contributed by atoms with van der Waals surface area (Å²) in [5.74, 6) is -2.60. The van der Waals surface area contributed by atoms with Crippen LogP contribution in [-0.4, -0.2) is 18.8 Å². The molecule has 5 heteroatoms. The molecule has 0 amide bonds. The number of rotatable bonds is 4. The van der Waals surface area contributed by atoms with Crippen LogP contribution in [0.1, 0.15) is 24.2 Å². The summed E-state index contributed by atoms with van der Waals surface area (Å²) in [6, 6.07) is 3.89. The molecular formula is C11H15F2NO2. The van der Waals surface area contributed by atoms with Crippen LogP contribution in [0.4, 0.5) is 8.78 Å². The maximum absolute atomic E-state index is 13.1. The lowest BCUT2D eigenvalue weighted by Gasteiger charge is -2.17. The highest BCUT2D eigenvalue weighted by Gasteiger charge is 2.26. The quantitative estimate of drug-likeness (QED) is 0.830. The largest absolute Gasteiger partial charge is 0.496 e. The summed E-state index contributed by atoms with van der Waals surface area (Å²) in [5.41, 5.74) is 5.40. The normalized spacial score (nSPS) is 13.6. The molecule has 0 aliphatic rings. The number of aliphatic hydroxyl groups is 1. The Morgan fingerprint density at radius 3 is 2.56 bits per heavy atom. The van der Waals surface area contributed by atoms with Gasteiger partial charge in [0.05, 0.1) is 13.2 Å². The number of hydrogen-bond acceptors (Lipinski definition) is 3. The molecule has 0 radical (unpaired) electrons. The lowest BCUT2D eigenvalue weighted by Crippen LogP contribution is -2.14. The first-order valence-corrected chi connectivity index (χ1v) is 4.84. The fourth-order valence-corrected chi connectivity index (χ4v) is 1.39. The lowest BCUT2D eigenvalue weighted by atomic mass is 10.0. The molecule has 3 nitrogen and oxygen atoms in total. The van der Waals surface area contributed by atoms with E-state index < -0.39 is 12.0 Å². The molecule has 0 fully saturated rings. The number of benzene rings is 1. The number of alkyl halides is 2. The standard InChI is InChI=1S/C11H15F2NO2/c1-11(12,13)7-3-4-10(16-2)8(5-7)9(15)6-14/h3-5,9,15H,6,14H2,1-2H3. The van der Waals surface area contributed by atoms with Crippen molar-refractivity contribution >= 4 is 0 Å². The SMILES string of the molecule is COc1ccc(C(C)(F)F)cc1C(O)CN. The zero-order chi connectivity index (χ0) is 12.3. The van der Waals surface area contributed by atoms with Gasteiger partial charge in [-0.15, -0.1) is 0 Å². The summed E-state index contributed by atoms with van der Waals surface area (Å²) in [7, 11) is 1.41. The molecule has 0 bridgehead atoms. The second-order valence-electron chi connectivity index (χ2n) is 3.60. The van der Waals surface area contributed by atoms with Gasteiger partial charge in [0.15, 0.2) is 0 Å². The van der Waals surface area contributed by atoms with Crippen molar-refractivity contribution in [2.75, 3.05) is 13.7 Å². The fraction of sp³-hybridized carbons (Fsp3) is 0.455. The molecule has 1 aromatic carbocycles. The Balaban J connectivity index is 3.21. The van der Waals surface area contributed by atoms with E-state index in [1.807, 2.05) is 0 Å². The molecule has 0 heterocycles. The number of ether oxygens (including phenoxy) is 1. The average molecular weight is 231 g/mol. The van der Waals surface area contributed by atoms with Crippen molar-refractivity contribution in [3.8, 4) is 5.75 Å². The summed E-state index contributed by atoms with van der Waals surface area (Å²) in [6.07, 6.45) is -1.00. The molecule has 16 heavy (non-hydrogen) atoms. The molecule has 0 saturated heterocycles. The first-order chi connectivity index (χ1) is 7.40. The van der Waals surface area contributed by atoms with Gasteiger partial charge in [0, 0.05) is 24.6 Å². The van der Waals surface area contributed by atoms with Crippen LogP contribution in [0.5, 0.6) is 5.75 Å². The van der Waals surface area contributed by atoms with Crippen molar-refractivity contribution in [2.45, 2.75) is 19.0 Å². The molecule has 0 spiro atoms. The number of nitrogens with two attached hydrogens (primary N) is 1. The predicted octanol–water partition coefficient (Wildman–Crippen LogP) is 1.80. The van der Waals surface area contributed by atoms with Crippen LogP contribution in [0.3, 0.4) is 0 Å². The Labute approximate surface area is 92.8 Å². The van der Waals surface area contributed by atoms with E-state index in [0.717, 1.165) is 6.92 Å². The first-order valence-electron chi connectivity index (χ1n) is 4.84. The van der Waals surface area contributed by atoms with Gasteiger partial charge in [0.25, 0.3) is 5.92 Å². The van der Waals surface area contributed by atoms with Crippen molar-refractivity contribution in [3.63, 3.8) is 0 Å². The molecule has 1 atom stereocenters. The lowest BCUT2D eigenvalue weighted by molar-refractivity contribution is 0.0171. The average Bonchev–Trinajstić information content (AvgIpc) is 2.25. The van der Waals surface area contributed by atoms with Gasteiger partial charge in [-0.05, 0) is 18.2 Å². The Kier molecular flexibility index (Phi) is 3.83. The number of hydrogen-bond donors (Lipinski definition) is 2. The predicted molar refractivity (Wildman–Crippen MR) is 56.6 cm³/mol. The monoisotopic (exact) mass is 231 g/mol. The molecule has 0 aliphatic heterocycles. The minimum absolute atomic E-state index is 0.0465. The van der Waals surface area contributed by atoms with Gasteiger partial charge in [-0.25, -0.2) is 8.78 Å². The Bertz CT molecular complexity index is 363. The van der Waals surface area contributed by atoms with Gasteiger partial charge in [0.2, 0.25) is 0 Å². The van der Waals surface area contributed by atoms with Crippen molar-refractivity contribution in [1.82, 2.24) is 0 Å². The van der Waals surface area contributed by atoms with Crippen LogP contribution in [-0.2, 0) is 5.92 Å². The minimum atomic E-state index is -2.95. The molecule has 90 valence electrons. The van der Waals surface area contributed by atoms with Crippen molar-refractivity contribution in [3.05, 3.63) is 29.3 Å². The summed E-state index contributed by atoms with van der Waals surface area (Å²) in [6.45, 7) is 0.752. The van der Waals surface area contributed by atoms with E-state index in [2.05, 4.69) is 0 Å². The smallest absolute Gasteiger partial charge is 0.270 e. The van der Waals surface area contributed by atoms with Gasteiger partial charge < -0.3 is 15.6 Å². The van der Waals surface area contributed by atoms with Crippen molar-refractivity contribution in [1.29, 1.82) is 0 Å². The van der Waals surface area contributed by atoms with Crippen LogP contribution in [0.25, 0.3) is 0 Å². The van der Waals surface area contributed by atoms with Crippen LogP contribution in [0, 0.1) is 0 Å². The molecule has 0 saturated carbocycles. The van der Waals surface area contributed by atoms with E-state index in [1.54, 1.807) is 0 Å². The van der Waals surface area contributed by atoms with Gasteiger partial charge >= 0.3 is 0 Å². The fourth-order valence-electron chi connectivity index (χ4n) is 1.39. The van der Waals surface area contributed by atoms with Gasteiger partial charge in [-0.1, -0.05) is 0 Å². The molecular weight excluding hydrogens is 216 g/mol. The molecule has 3 N–H and O–H groups in total. The maximum Gasteiger partial charge on any atom is 0.270 e. The molecule has 0 aliphatic carbocycles. The van der Waals surface area contributed by atoms with Gasteiger partial charge in [-0.3, -0.25) is 0 Å². The zero-order valence-electron chi connectivity index (χ0n) is 9.21. The number of halogens is 2. The van der Waals surface area contributed by atoms with E-state index in [-0.39, 0.29) is 17.7 Å². The van der Waals surface area contributed by atoms with Crippen LogP contribution in [0.15, 0.2) is 18.2 Å².